The van der Waals surface area contributed by atoms with Gasteiger partial charge in [-0.25, -0.2) is 8.78 Å². The van der Waals surface area contributed by atoms with Crippen molar-refractivity contribution in [2.24, 2.45) is 0 Å². The van der Waals surface area contributed by atoms with E-state index in [0.717, 1.165) is 17.2 Å². The van der Waals surface area contributed by atoms with E-state index in [1.54, 1.807) is 30.6 Å². The number of hydrogen-bond donors (Lipinski definition) is 1. The van der Waals surface area contributed by atoms with Crippen LogP contribution in [0.1, 0.15) is 29.7 Å². The molecular weight excluding hydrogens is 370 g/mol. The van der Waals surface area contributed by atoms with Crippen LogP contribution in [-0.4, -0.2) is 4.98 Å². The van der Waals surface area contributed by atoms with Crippen molar-refractivity contribution in [1.29, 1.82) is 0 Å². The Morgan fingerprint density at radius 1 is 1.15 bits per heavy atom. The molecule has 0 fully saturated rings. The van der Waals surface area contributed by atoms with Gasteiger partial charge in [-0.15, -0.1) is 0 Å². The molecule has 0 radical (unpaired) electrons. The van der Waals surface area contributed by atoms with E-state index in [1.807, 2.05) is 19.1 Å². The molecule has 140 valence electrons. The molecule has 1 N–H and O–H groups in total. The first-order chi connectivity index (χ1) is 13.0. The van der Waals surface area contributed by atoms with Gasteiger partial charge < -0.3 is 10.1 Å². The van der Waals surface area contributed by atoms with E-state index in [-0.39, 0.29) is 6.04 Å². The molecule has 3 rings (SSSR count). The molecule has 3 nitrogen and oxygen atoms in total. The van der Waals surface area contributed by atoms with Crippen molar-refractivity contribution < 1.29 is 13.5 Å². The summed E-state index contributed by atoms with van der Waals surface area (Å²) in [5, 5.41) is 3.81. The maximum atomic E-state index is 13.9. The van der Waals surface area contributed by atoms with Crippen LogP contribution in [0.15, 0.2) is 60.9 Å². The summed E-state index contributed by atoms with van der Waals surface area (Å²) in [6, 6.07) is 12.4. The Kier molecular flexibility index (Phi) is 6.37. The fourth-order valence-electron chi connectivity index (χ4n) is 2.70. The number of nitrogens with one attached hydrogen (secondary N) is 1. The third-order valence-corrected chi connectivity index (χ3v) is 4.40. The average molecular weight is 389 g/mol. The summed E-state index contributed by atoms with van der Waals surface area (Å²) in [4.78, 5) is 4.07. The highest BCUT2D eigenvalue weighted by Gasteiger charge is 2.13. The Morgan fingerprint density at radius 3 is 2.74 bits per heavy atom. The van der Waals surface area contributed by atoms with Crippen LogP contribution >= 0.6 is 11.6 Å². The minimum absolute atomic E-state index is 0.309. The molecular formula is C21H19ClF2N2O. The van der Waals surface area contributed by atoms with E-state index in [1.165, 1.54) is 12.1 Å². The second-order valence-corrected chi connectivity index (χ2v) is 6.61. The summed E-state index contributed by atoms with van der Waals surface area (Å²) in [7, 11) is 0. The number of rotatable bonds is 7. The molecule has 1 unspecified atom stereocenters. The summed E-state index contributed by atoms with van der Waals surface area (Å²) in [6.07, 6.45) is 3.45. The zero-order chi connectivity index (χ0) is 19.2. The molecule has 27 heavy (non-hydrogen) atoms. The van der Waals surface area contributed by atoms with Crippen molar-refractivity contribution in [2.45, 2.75) is 26.1 Å². The summed E-state index contributed by atoms with van der Waals surface area (Å²) >= 11 is 6.11. The Balaban J connectivity index is 1.69. The van der Waals surface area contributed by atoms with Crippen LogP contribution in [0, 0.1) is 11.6 Å². The molecule has 0 saturated heterocycles. The zero-order valence-electron chi connectivity index (χ0n) is 14.8. The molecule has 1 atom stereocenters. The van der Waals surface area contributed by atoms with Crippen LogP contribution in [0.4, 0.5) is 8.78 Å². The lowest BCUT2D eigenvalue weighted by Gasteiger charge is -2.17. The van der Waals surface area contributed by atoms with Gasteiger partial charge in [-0.3, -0.25) is 4.98 Å². The van der Waals surface area contributed by atoms with Gasteiger partial charge in [-0.2, -0.15) is 0 Å². The summed E-state index contributed by atoms with van der Waals surface area (Å²) in [5.41, 5.74) is 2.20. The van der Waals surface area contributed by atoms with Gasteiger partial charge in [-0.1, -0.05) is 23.7 Å². The first kappa shape index (κ1) is 19.3. The number of ether oxygens (including phenoxy) is 1. The molecule has 0 spiro atoms. The number of halogens is 3. The number of pyridine rings is 1. The predicted octanol–water partition coefficient (Wildman–Crippen LogP) is 5.44. The SMILES string of the molecule is CC(NCc1cc(Cl)ccc1OCc1cccnc1)c1ccc(F)cc1F. The van der Waals surface area contributed by atoms with Crippen LogP contribution in [-0.2, 0) is 13.2 Å². The van der Waals surface area contributed by atoms with Crippen LogP contribution in [0.25, 0.3) is 0 Å². The summed E-state index contributed by atoms with van der Waals surface area (Å²) in [5.74, 6) is -0.485. The molecule has 0 amide bonds. The van der Waals surface area contributed by atoms with E-state index in [4.69, 9.17) is 16.3 Å². The second-order valence-electron chi connectivity index (χ2n) is 6.17. The Morgan fingerprint density at radius 2 is 2.00 bits per heavy atom. The van der Waals surface area contributed by atoms with Crippen molar-refractivity contribution >= 4 is 11.6 Å². The molecule has 0 aliphatic heterocycles. The van der Waals surface area contributed by atoms with Gasteiger partial charge in [0.1, 0.15) is 24.0 Å². The Labute approximate surface area is 162 Å². The maximum Gasteiger partial charge on any atom is 0.130 e. The lowest BCUT2D eigenvalue weighted by atomic mass is 10.1. The largest absolute Gasteiger partial charge is 0.489 e. The number of benzene rings is 2. The fourth-order valence-corrected chi connectivity index (χ4v) is 2.89. The molecule has 0 bridgehead atoms. The highest BCUT2D eigenvalue weighted by Crippen LogP contribution is 2.25. The topological polar surface area (TPSA) is 34.1 Å². The van der Waals surface area contributed by atoms with Gasteiger partial charge in [0, 0.05) is 52.8 Å². The van der Waals surface area contributed by atoms with E-state index < -0.39 is 11.6 Å². The summed E-state index contributed by atoms with van der Waals surface area (Å²) < 4.78 is 32.9. The molecule has 2 aromatic carbocycles. The number of hydrogen-bond acceptors (Lipinski definition) is 3. The number of aromatic nitrogens is 1. The highest BCUT2D eigenvalue weighted by molar-refractivity contribution is 6.30. The van der Waals surface area contributed by atoms with Crippen molar-refractivity contribution in [2.75, 3.05) is 0 Å². The third-order valence-electron chi connectivity index (χ3n) is 4.17. The molecule has 3 aromatic rings. The average Bonchev–Trinajstić information content (AvgIpc) is 2.66. The normalized spacial score (nSPS) is 12.0. The van der Waals surface area contributed by atoms with Gasteiger partial charge in [0.05, 0.1) is 0 Å². The first-order valence-electron chi connectivity index (χ1n) is 8.51. The summed E-state index contributed by atoms with van der Waals surface area (Å²) in [6.45, 7) is 2.61. The predicted molar refractivity (Wildman–Crippen MR) is 102 cm³/mol. The van der Waals surface area contributed by atoms with E-state index in [0.29, 0.717) is 29.5 Å². The van der Waals surface area contributed by atoms with Crippen molar-refractivity contribution in [3.05, 3.63) is 94.3 Å². The maximum absolute atomic E-state index is 13.9. The fraction of sp³-hybridized carbons (Fsp3) is 0.190. The Hall–Kier alpha value is -2.50. The van der Waals surface area contributed by atoms with Crippen LogP contribution in [0.2, 0.25) is 5.02 Å². The van der Waals surface area contributed by atoms with Gasteiger partial charge in [-0.05, 0) is 37.3 Å². The quantitative estimate of drug-likeness (QED) is 0.585. The molecule has 1 heterocycles. The lowest BCUT2D eigenvalue weighted by Crippen LogP contribution is -2.19. The standard InChI is InChI=1S/C21H19ClF2N2O/c1-14(19-6-5-18(23)10-20(19)24)26-12-16-9-17(22)4-7-21(16)27-13-15-3-2-8-25-11-15/h2-11,14,26H,12-13H2,1H3. The molecule has 0 aliphatic rings. The van der Waals surface area contributed by atoms with Gasteiger partial charge in [0.25, 0.3) is 0 Å². The van der Waals surface area contributed by atoms with Gasteiger partial charge >= 0.3 is 0 Å². The smallest absolute Gasteiger partial charge is 0.130 e. The van der Waals surface area contributed by atoms with Crippen LogP contribution < -0.4 is 10.1 Å². The molecule has 0 saturated carbocycles. The Bertz CT molecular complexity index is 906. The minimum Gasteiger partial charge on any atom is -0.489 e. The number of nitrogens with zero attached hydrogens (tertiary/aromatic N) is 1. The first-order valence-corrected chi connectivity index (χ1v) is 8.89. The van der Waals surface area contributed by atoms with Crippen LogP contribution in [0.3, 0.4) is 0 Å². The highest BCUT2D eigenvalue weighted by atomic mass is 35.5. The monoisotopic (exact) mass is 388 g/mol. The molecule has 6 heteroatoms. The van der Waals surface area contributed by atoms with E-state index >= 15 is 0 Å². The van der Waals surface area contributed by atoms with Crippen molar-refractivity contribution in [3.63, 3.8) is 0 Å². The van der Waals surface area contributed by atoms with E-state index in [2.05, 4.69) is 10.3 Å². The third kappa shape index (κ3) is 5.25. The minimum atomic E-state index is -0.593. The lowest BCUT2D eigenvalue weighted by molar-refractivity contribution is 0.301. The van der Waals surface area contributed by atoms with Gasteiger partial charge in [0.2, 0.25) is 0 Å². The van der Waals surface area contributed by atoms with Crippen molar-refractivity contribution in [1.82, 2.24) is 10.3 Å². The zero-order valence-corrected chi connectivity index (χ0v) is 15.5. The molecule has 1 aromatic heterocycles. The van der Waals surface area contributed by atoms with Crippen LogP contribution in [0.5, 0.6) is 5.75 Å². The van der Waals surface area contributed by atoms with Crippen molar-refractivity contribution in [3.8, 4) is 5.75 Å². The molecule has 0 aliphatic carbocycles. The second kappa shape index (κ2) is 8.93. The van der Waals surface area contributed by atoms with E-state index in [9.17, 15) is 8.78 Å². The van der Waals surface area contributed by atoms with Gasteiger partial charge in [0.15, 0.2) is 0 Å².